The van der Waals surface area contributed by atoms with Gasteiger partial charge in [0.25, 0.3) is 5.69 Å². The normalized spacial score (nSPS) is 15.8. The van der Waals surface area contributed by atoms with Crippen LogP contribution in [0.5, 0.6) is 0 Å². The summed E-state index contributed by atoms with van der Waals surface area (Å²) in [5.41, 5.74) is 0.316. The van der Waals surface area contributed by atoms with Crippen LogP contribution >= 0.6 is 15.9 Å². The molecule has 1 aliphatic carbocycles. The topological polar surface area (TPSA) is 92.5 Å². The van der Waals surface area contributed by atoms with Crippen LogP contribution in [0.1, 0.15) is 19.3 Å². The average molecular weight is 329 g/mol. The molecule has 0 amide bonds. The highest BCUT2D eigenvalue weighted by Gasteiger charge is 2.33. The third kappa shape index (κ3) is 3.66. The number of halogens is 1. The maximum atomic E-state index is 11.0. The molecule has 1 fully saturated rings. The number of nitro benzene ring substituents is 1. The molecule has 0 spiro atoms. The molecule has 2 rings (SSSR count). The predicted octanol–water partition coefficient (Wildman–Crippen LogP) is 3.02. The van der Waals surface area contributed by atoms with E-state index in [4.69, 9.17) is 5.11 Å². The first-order valence-corrected chi connectivity index (χ1v) is 6.69. The molecule has 0 bridgehead atoms. The number of nitrogens with one attached hydrogen (secondary N) is 1. The molecule has 0 aromatic heterocycles. The Labute approximate surface area is 118 Å². The summed E-state index contributed by atoms with van der Waals surface area (Å²) in [6.45, 7) is 0. The zero-order valence-electron chi connectivity index (χ0n) is 10.0. The van der Waals surface area contributed by atoms with Crippen LogP contribution in [-0.4, -0.2) is 22.0 Å². The van der Waals surface area contributed by atoms with Gasteiger partial charge < -0.3 is 10.4 Å². The molecular weight excluding hydrogens is 316 g/mol. The molecule has 0 saturated heterocycles. The first kappa shape index (κ1) is 13.8. The van der Waals surface area contributed by atoms with Gasteiger partial charge >= 0.3 is 5.97 Å². The molecule has 0 heterocycles. The van der Waals surface area contributed by atoms with Gasteiger partial charge in [0.05, 0.1) is 11.3 Å². The van der Waals surface area contributed by atoms with Crippen LogP contribution in [0.4, 0.5) is 11.4 Å². The Morgan fingerprint density at radius 3 is 2.79 bits per heavy atom. The quantitative estimate of drug-likeness (QED) is 0.618. The van der Waals surface area contributed by atoms with Gasteiger partial charge in [0.2, 0.25) is 0 Å². The lowest BCUT2D eigenvalue weighted by Crippen LogP contribution is -2.25. The van der Waals surface area contributed by atoms with Crippen molar-refractivity contribution < 1.29 is 14.8 Å². The Bertz CT molecular complexity index is 516. The Morgan fingerprint density at radius 2 is 2.26 bits per heavy atom. The number of rotatable bonds is 6. The molecule has 6 nitrogen and oxygen atoms in total. The number of anilines is 1. The van der Waals surface area contributed by atoms with E-state index in [-0.39, 0.29) is 18.2 Å². The molecule has 1 aromatic rings. The first-order chi connectivity index (χ1) is 8.97. The van der Waals surface area contributed by atoms with E-state index in [2.05, 4.69) is 21.2 Å². The monoisotopic (exact) mass is 328 g/mol. The smallest absolute Gasteiger partial charge is 0.305 e. The van der Waals surface area contributed by atoms with Crippen molar-refractivity contribution in [1.82, 2.24) is 0 Å². The summed E-state index contributed by atoms with van der Waals surface area (Å²) in [5.74, 6) is -0.608. The van der Waals surface area contributed by atoms with E-state index in [1.807, 2.05) is 0 Å². The number of carbonyl (C=O) groups is 1. The van der Waals surface area contributed by atoms with E-state index >= 15 is 0 Å². The molecule has 1 atom stereocenters. The van der Waals surface area contributed by atoms with Gasteiger partial charge in [-0.05, 0) is 30.9 Å². The van der Waals surface area contributed by atoms with Crippen LogP contribution in [0.3, 0.4) is 0 Å². The Hall–Kier alpha value is -1.63. The molecule has 2 N–H and O–H groups in total. The highest BCUT2D eigenvalue weighted by molar-refractivity contribution is 9.10. The van der Waals surface area contributed by atoms with Crippen molar-refractivity contribution in [1.29, 1.82) is 0 Å². The summed E-state index contributed by atoms with van der Waals surface area (Å²) in [6, 6.07) is 4.45. The summed E-state index contributed by atoms with van der Waals surface area (Å²) < 4.78 is 0.617. The summed E-state index contributed by atoms with van der Waals surface area (Å²) in [5, 5.41) is 22.9. The van der Waals surface area contributed by atoms with Crippen LogP contribution in [-0.2, 0) is 4.79 Å². The largest absolute Gasteiger partial charge is 0.481 e. The van der Waals surface area contributed by atoms with Gasteiger partial charge in [-0.3, -0.25) is 14.9 Å². The molecule has 0 radical (unpaired) electrons. The van der Waals surface area contributed by atoms with Crippen molar-refractivity contribution in [3.8, 4) is 0 Å². The minimum atomic E-state index is -0.899. The Morgan fingerprint density at radius 1 is 1.58 bits per heavy atom. The number of hydrogen-bond donors (Lipinski definition) is 2. The lowest BCUT2D eigenvalue weighted by Gasteiger charge is -2.17. The molecule has 7 heteroatoms. The van der Waals surface area contributed by atoms with Crippen molar-refractivity contribution in [2.75, 3.05) is 5.32 Å². The average Bonchev–Trinajstić information content (AvgIpc) is 3.13. The van der Waals surface area contributed by atoms with Gasteiger partial charge in [-0.25, -0.2) is 0 Å². The molecule has 0 aliphatic heterocycles. The van der Waals surface area contributed by atoms with Crippen molar-refractivity contribution in [3.05, 3.63) is 32.8 Å². The standard InChI is InChI=1S/C12H13BrN2O4/c13-8-3-4-9(11(5-8)15(18)19)14-10(6-12(16)17)7-1-2-7/h3-5,7,10,14H,1-2,6H2,(H,16,17). The van der Waals surface area contributed by atoms with Gasteiger partial charge in [0.1, 0.15) is 5.69 Å². The third-order valence-corrected chi connectivity index (χ3v) is 3.58. The lowest BCUT2D eigenvalue weighted by atomic mass is 10.1. The first-order valence-electron chi connectivity index (χ1n) is 5.89. The number of hydrogen-bond acceptors (Lipinski definition) is 4. The lowest BCUT2D eigenvalue weighted by molar-refractivity contribution is -0.384. The second-order valence-corrected chi connectivity index (χ2v) is 5.52. The van der Waals surface area contributed by atoms with Crippen LogP contribution in [0.2, 0.25) is 0 Å². The Balaban J connectivity index is 2.20. The highest BCUT2D eigenvalue weighted by Crippen LogP contribution is 2.37. The van der Waals surface area contributed by atoms with Gasteiger partial charge in [-0.1, -0.05) is 15.9 Å². The number of carboxylic acid groups (broad SMARTS) is 1. The van der Waals surface area contributed by atoms with Gasteiger partial charge in [-0.15, -0.1) is 0 Å². The number of carboxylic acids is 1. The number of nitro groups is 1. The van der Waals surface area contributed by atoms with E-state index in [9.17, 15) is 14.9 Å². The van der Waals surface area contributed by atoms with Crippen LogP contribution in [0.15, 0.2) is 22.7 Å². The zero-order valence-corrected chi connectivity index (χ0v) is 11.6. The fourth-order valence-electron chi connectivity index (χ4n) is 2.00. The minimum Gasteiger partial charge on any atom is -0.481 e. The minimum absolute atomic E-state index is 0.0299. The van der Waals surface area contributed by atoms with E-state index in [1.165, 1.54) is 6.07 Å². The molecule has 19 heavy (non-hydrogen) atoms. The molecule has 1 aromatic carbocycles. The SMILES string of the molecule is O=C(O)CC(Nc1ccc(Br)cc1[N+](=O)[O-])C1CC1. The maximum Gasteiger partial charge on any atom is 0.305 e. The summed E-state index contributed by atoms with van der Waals surface area (Å²) in [7, 11) is 0. The second-order valence-electron chi connectivity index (χ2n) is 4.60. The van der Waals surface area contributed by atoms with E-state index in [0.29, 0.717) is 16.1 Å². The Kier molecular flexibility index (Phi) is 4.04. The van der Waals surface area contributed by atoms with Gasteiger partial charge in [0.15, 0.2) is 0 Å². The van der Waals surface area contributed by atoms with Crippen molar-refractivity contribution in [2.45, 2.75) is 25.3 Å². The maximum absolute atomic E-state index is 11.0. The van der Waals surface area contributed by atoms with Crippen molar-refractivity contribution in [2.24, 2.45) is 5.92 Å². The highest BCUT2D eigenvalue weighted by atomic mass is 79.9. The molecule has 1 unspecified atom stereocenters. The number of benzene rings is 1. The number of nitrogens with zero attached hydrogens (tertiary/aromatic N) is 1. The predicted molar refractivity (Wildman–Crippen MR) is 73.2 cm³/mol. The van der Waals surface area contributed by atoms with Crippen LogP contribution < -0.4 is 5.32 Å². The van der Waals surface area contributed by atoms with Crippen LogP contribution in [0.25, 0.3) is 0 Å². The third-order valence-electron chi connectivity index (χ3n) is 3.08. The fraction of sp³-hybridized carbons (Fsp3) is 0.417. The molecular formula is C12H13BrN2O4. The second kappa shape index (κ2) is 5.56. The van der Waals surface area contributed by atoms with Crippen LogP contribution in [0, 0.1) is 16.0 Å². The summed E-state index contributed by atoms with van der Waals surface area (Å²) in [4.78, 5) is 21.3. The van der Waals surface area contributed by atoms with Gasteiger partial charge in [0, 0.05) is 16.6 Å². The van der Waals surface area contributed by atoms with Crippen molar-refractivity contribution >= 4 is 33.3 Å². The molecule has 1 aliphatic rings. The fourth-order valence-corrected chi connectivity index (χ4v) is 2.35. The molecule has 1 saturated carbocycles. The van der Waals surface area contributed by atoms with Gasteiger partial charge in [-0.2, -0.15) is 0 Å². The molecule has 102 valence electrons. The zero-order chi connectivity index (χ0) is 14.0. The number of aliphatic carboxylic acids is 1. The van der Waals surface area contributed by atoms with E-state index < -0.39 is 10.9 Å². The summed E-state index contributed by atoms with van der Waals surface area (Å²) >= 11 is 3.19. The van der Waals surface area contributed by atoms with E-state index in [0.717, 1.165) is 12.8 Å². The van der Waals surface area contributed by atoms with Crippen molar-refractivity contribution in [3.63, 3.8) is 0 Å². The van der Waals surface area contributed by atoms with E-state index in [1.54, 1.807) is 12.1 Å². The summed E-state index contributed by atoms with van der Waals surface area (Å²) in [6.07, 6.45) is 1.91.